The molecular weight excluding hydrogens is 412 g/mol. The molecule has 1 rings (SSSR count). The van der Waals surface area contributed by atoms with Crippen LogP contribution in [0.25, 0.3) is 0 Å². The largest absolute Gasteiger partial charge is 0.481 e. The van der Waals surface area contributed by atoms with Gasteiger partial charge in [-0.05, 0) is 63.2 Å². The first-order valence-corrected chi connectivity index (χ1v) is 13.6. The predicted octanol–water partition coefficient (Wildman–Crippen LogP) is 8.34. The molecule has 0 aromatic rings. The van der Waals surface area contributed by atoms with E-state index < -0.39 is 17.3 Å². The van der Waals surface area contributed by atoms with E-state index in [0.717, 1.165) is 32.1 Å². The fourth-order valence-corrected chi connectivity index (χ4v) is 5.26. The molecule has 1 N–H and O–H groups in total. The molecule has 0 aliphatic heterocycles. The number of hydrogen-bond acceptors (Lipinski definition) is 3. The molecular formula is C29H52O4. The summed E-state index contributed by atoms with van der Waals surface area (Å²) in [6.07, 6.45) is 18.7. The van der Waals surface area contributed by atoms with Crippen molar-refractivity contribution in [2.24, 2.45) is 22.7 Å². The maximum absolute atomic E-state index is 13.2. The predicted molar refractivity (Wildman–Crippen MR) is 137 cm³/mol. The van der Waals surface area contributed by atoms with Gasteiger partial charge < -0.3 is 9.84 Å². The van der Waals surface area contributed by atoms with Crippen LogP contribution < -0.4 is 0 Å². The van der Waals surface area contributed by atoms with Gasteiger partial charge in [0, 0.05) is 0 Å². The van der Waals surface area contributed by atoms with Crippen molar-refractivity contribution in [2.75, 3.05) is 0 Å². The SMILES string of the molecule is CCCCCCCCCCC(CCC(C)CC(C)(C)C)OC(=O)C1(C)C=CCCC1C(=O)O. The summed E-state index contributed by atoms with van der Waals surface area (Å²) in [6.45, 7) is 13.1. The second-order valence-electron chi connectivity index (χ2n) is 11.9. The number of hydrogen-bond donors (Lipinski definition) is 1. The Labute approximate surface area is 203 Å². The minimum absolute atomic E-state index is 0.124. The molecule has 0 saturated heterocycles. The molecule has 1 aliphatic carbocycles. The Kier molecular flexibility index (Phi) is 13.4. The Hall–Kier alpha value is -1.32. The third-order valence-electron chi connectivity index (χ3n) is 7.14. The van der Waals surface area contributed by atoms with Gasteiger partial charge in [0.15, 0.2) is 0 Å². The minimum atomic E-state index is -1.07. The van der Waals surface area contributed by atoms with Gasteiger partial charge in [0.05, 0.1) is 11.3 Å². The molecule has 0 heterocycles. The van der Waals surface area contributed by atoms with Crippen LogP contribution in [0.5, 0.6) is 0 Å². The van der Waals surface area contributed by atoms with Gasteiger partial charge in [-0.2, -0.15) is 0 Å². The molecule has 0 bridgehead atoms. The van der Waals surface area contributed by atoms with Crippen LogP contribution in [0.3, 0.4) is 0 Å². The Morgan fingerprint density at radius 2 is 1.64 bits per heavy atom. The third-order valence-corrected chi connectivity index (χ3v) is 7.14. The zero-order valence-electron chi connectivity index (χ0n) is 22.5. The average Bonchev–Trinajstić information content (AvgIpc) is 2.72. The standard InChI is InChI=1S/C29H52O4/c1-7-8-9-10-11-12-13-14-17-24(20-19-23(2)22-28(3,4)5)33-27(32)29(6)21-16-15-18-25(29)26(30)31/h16,21,23-25H,7-15,17-20,22H2,1-6H3,(H,30,31). The lowest BCUT2D eigenvalue weighted by Gasteiger charge is -2.34. The maximum Gasteiger partial charge on any atom is 0.316 e. The van der Waals surface area contributed by atoms with Crippen LogP contribution in [0.2, 0.25) is 0 Å². The summed E-state index contributed by atoms with van der Waals surface area (Å²) in [5.41, 5.74) is -0.781. The molecule has 0 fully saturated rings. The van der Waals surface area contributed by atoms with Crippen LogP contribution in [-0.4, -0.2) is 23.1 Å². The van der Waals surface area contributed by atoms with Crippen molar-refractivity contribution in [3.63, 3.8) is 0 Å². The van der Waals surface area contributed by atoms with Crippen molar-refractivity contribution < 1.29 is 19.4 Å². The molecule has 4 heteroatoms. The summed E-state index contributed by atoms with van der Waals surface area (Å²) in [5.74, 6) is -1.41. The van der Waals surface area contributed by atoms with E-state index in [9.17, 15) is 14.7 Å². The molecule has 33 heavy (non-hydrogen) atoms. The molecule has 0 aromatic heterocycles. The summed E-state index contributed by atoms with van der Waals surface area (Å²) in [5, 5.41) is 9.68. The summed E-state index contributed by atoms with van der Waals surface area (Å²) in [7, 11) is 0. The molecule has 1 aliphatic rings. The van der Waals surface area contributed by atoms with Crippen molar-refractivity contribution in [1.82, 2.24) is 0 Å². The number of aliphatic carboxylic acids is 1. The van der Waals surface area contributed by atoms with Crippen LogP contribution in [0.15, 0.2) is 12.2 Å². The van der Waals surface area contributed by atoms with Gasteiger partial charge in [0.1, 0.15) is 6.10 Å². The molecule has 4 nitrogen and oxygen atoms in total. The lowest BCUT2D eigenvalue weighted by atomic mass is 9.71. The number of rotatable bonds is 16. The highest BCUT2D eigenvalue weighted by molar-refractivity contribution is 5.86. The maximum atomic E-state index is 13.2. The van der Waals surface area contributed by atoms with Crippen molar-refractivity contribution in [1.29, 1.82) is 0 Å². The first-order chi connectivity index (χ1) is 15.5. The molecule has 0 aromatic carbocycles. The van der Waals surface area contributed by atoms with E-state index in [1.807, 2.05) is 6.08 Å². The van der Waals surface area contributed by atoms with Gasteiger partial charge in [0.25, 0.3) is 0 Å². The summed E-state index contributed by atoms with van der Waals surface area (Å²) >= 11 is 0. The number of carbonyl (C=O) groups is 2. The molecule has 4 atom stereocenters. The summed E-state index contributed by atoms with van der Waals surface area (Å²) < 4.78 is 6.06. The first kappa shape index (κ1) is 29.7. The molecule has 0 amide bonds. The second-order valence-corrected chi connectivity index (χ2v) is 11.9. The highest BCUT2D eigenvalue weighted by atomic mass is 16.5. The van der Waals surface area contributed by atoms with E-state index in [1.54, 1.807) is 13.0 Å². The van der Waals surface area contributed by atoms with Crippen LogP contribution in [0.4, 0.5) is 0 Å². The van der Waals surface area contributed by atoms with Gasteiger partial charge in [-0.25, -0.2) is 0 Å². The highest BCUT2D eigenvalue weighted by Crippen LogP contribution is 2.39. The van der Waals surface area contributed by atoms with Gasteiger partial charge in [-0.1, -0.05) is 91.7 Å². The Morgan fingerprint density at radius 3 is 2.21 bits per heavy atom. The number of carboxylic acids is 1. The van der Waals surface area contributed by atoms with Crippen LogP contribution in [0, 0.1) is 22.7 Å². The number of esters is 1. The summed E-state index contributed by atoms with van der Waals surface area (Å²) in [6, 6.07) is 0. The summed E-state index contributed by atoms with van der Waals surface area (Å²) in [4.78, 5) is 25.0. The average molecular weight is 465 g/mol. The number of carbonyl (C=O) groups excluding carboxylic acids is 1. The van der Waals surface area contributed by atoms with Crippen molar-refractivity contribution >= 4 is 11.9 Å². The Morgan fingerprint density at radius 1 is 1.03 bits per heavy atom. The third kappa shape index (κ3) is 11.6. The van der Waals surface area contributed by atoms with E-state index in [-0.39, 0.29) is 12.1 Å². The molecule has 4 unspecified atom stereocenters. The van der Waals surface area contributed by atoms with Crippen molar-refractivity contribution in [2.45, 2.75) is 138 Å². The van der Waals surface area contributed by atoms with E-state index in [1.165, 1.54) is 44.9 Å². The minimum Gasteiger partial charge on any atom is -0.481 e. The van der Waals surface area contributed by atoms with Crippen LogP contribution >= 0.6 is 0 Å². The molecule has 0 spiro atoms. The van der Waals surface area contributed by atoms with E-state index >= 15 is 0 Å². The number of carboxylic acid groups (broad SMARTS) is 1. The van der Waals surface area contributed by atoms with Crippen LogP contribution in [-0.2, 0) is 14.3 Å². The van der Waals surface area contributed by atoms with Gasteiger partial charge in [-0.3, -0.25) is 9.59 Å². The lowest BCUT2D eigenvalue weighted by molar-refractivity contribution is -0.168. The Balaban J connectivity index is 2.68. The van der Waals surface area contributed by atoms with Gasteiger partial charge >= 0.3 is 11.9 Å². The highest BCUT2D eigenvalue weighted by Gasteiger charge is 2.46. The van der Waals surface area contributed by atoms with Crippen molar-refractivity contribution in [3.8, 4) is 0 Å². The van der Waals surface area contributed by atoms with E-state index in [0.29, 0.717) is 24.2 Å². The molecule has 192 valence electrons. The van der Waals surface area contributed by atoms with Crippen LogP contribution in [0.1, 0.15) is 131 Å². The van der Waals surface area contributed by atoms with Crippen molar-refractivity contribution in [3.05, 3.63) is 12.2 Å². The second kappa shape index (κ2) is 14.8. The fraction of sp³-hybridized carbons (Fsp3) is 0.862. The van der Waals surface area contributed by atoms with Gasteiger partial charge in [0.2, 0.25) is 0 Å². The first-order valence-electron chi connectivity index (χ1n) is 13.6. The number of ether oxygens (including phenoxy) is 1. The monoisotopic (exact) mass is 464 g/mol. The smallest absolute Gasteiger partial charge is 0.316 e. The normalized spacial score (nSPS) is 22.7. The number of unbranched alkanes of at least 4 members (excludes halogenated alkanes) is 7. The number of allylic oxidation sites excluding steroid dienone is 1. The van der Waals surface area contributed by atoms with Gasteiger partial charge in [-0.15, -0.1) is 0 Å². The Bertz CT molecular complexity index is 603. The zero-order chi connectivity index (χ0) is 24.9. The quantitative estimate of drug-likeness (QED) is 0.142. The zero-order valence-corrected chi connectivity index (χ0v) is 22.5. The van der Waals surface area contributed by atoms with E-state index in [2.05, 4.69) is 34.6 Å². The lowest BCUT2D eigenvalue weighted by Crippen LogP contribution is -2.42. The van der Waals surface area contributed by atoms with E-state index in [4.69, 9.17) is 4.74 Å². The fourth-order valence-electron chi connectivity index (χ4n) is 5.26. The molecule has 0 saturated carbocycles. The topological polar surface area (TPSA) is 63.6 Å². The molecule has 0 radical (unpaired) electrons.